The van der Waals surface area contributed by atoms with Crippen LogP contribution in [0.25, 0.3) is 0 Å². The summed E-state index contributed by atoms with van der Waals surface area (Å²) in [7, 11) is 0. The van der Waals surface area contributed by atoms with Crippen LogP contribution in [0.3, 0.4) is 0 Å². The average molecular weight is 274 g/mol. The molecule has 3 heteroatoms. The highest BCUT2D eigenvalue weighted by atomic mass is 16.5. The lowest BCUT2D eigenvalue weighted by atomic mass is 10.1. The lowest BCUT2D eigenvalue weighted by Crippen LogP contribution is -2.48. The predicted octanol–water partition coefficient (Wildman–Crippen LogP) is 2.94. The van der Waals surface area contributed by atoms with Crippen molar-refractivity contribution in [2.45, 2.75) is 57.8 Å². The van der Waals surface area contributed by atoms with E-state index >= 15 is 0 Å². The summed E-state index contributed by atoms with van der Waals surface area (Å²) in [6, 6.07) is 10.4. The van der Waals surface area contributed by atoms with E-state index in [4.69, 9.17) is 4.74 Å². The molecule has 1 aliphatic heterocycles. The molecular weight excluding hydrogens is 248 g/mol. The van der Waals surface area contributed by atoms with Gasteiger partial charge in [0.2, 0.25) is 0 Å². The monoisotopic (exact) mass is 274 g/mol. The molecule has 1 N–H and O–H groups in total. The van der Waals surface area contributed by atoms with Gasteiger partial charge < -0.3 is 15.0 Å². The fourth-order valence-electron chi connectivity index (χ4n) is 2.85. The molecular formula is C17H26N2O. The lowest BCUT2D eigenvalue weighted by molar-refractivity contribution is 0.0299. The van der Waals surface area contributed by atoms with Crippen LogP contribution < -0.4 is 10.2 Å². The Balaban J connectivity index is 1.65. The molecule has 1 saturated heterocycles. The van der Waals surface area contributed by atoms with Crippen molar-refractivity contribution >= 4 is 5.69 Å². The Hall–Kier alpha value is -1.06. The number of hydrogen-bond donors (Lipinski definition) is 1. The highest BCUT2D eigenvalue weighted by Crippen LogP contribution is 2.24. The van der Waals surface area contributed by atoms with E-state index in [1.165, 1.54) is 24.1 Å². The number of morpholine rings is 1. The molecule has 2 unspecified atom stereocenters. The molecule has 1 aliphatic carbocycles. The van der Waals surface area contributed by atoms with Gasteiger partial charge in [-0.05, 0) is 43.9 Å². The summed E-state index contributed by atoms with van der Waals surface area (Å²) in [4.78, 5) is 2.51. The zero-order chi connectivity index (χ0) is 13.9. The molecule has 110 valence electrons. The van der Waals surface area contributed by atoms with Gasteiger partial charge in [-0.3, -0.25) is 0 Å². The van der Waals surface area contributed by atoms with Crippen molar-refractivity contribution < 1.29 is 4.74 Å². The van der Waals surface area contributed by atoms with E-state index in [0.717, 1.165) is 32.2 Å². The predicted molar refractivity (Wildman–Crippen MR) is 83.1 cm³/mol. The maximum absolute atomic E-state index is 5.78. The van der Waals surface area contributed by atoms with Crippen molar-refractivity contribution in [1.82, 2.24) is 5.32 Å². The van der Waals surface area contributed by atoms with Crippen molar-refractivity contribution in [2.24, 2.45) is 0 Å². The van der Waals surface area contributed by atoms with Gasteiger partial charge in [-0.2, -0.15) is 0 Å². The van der Waals surface area contributed by atoms with Gasteiger partial charge in [0, 0.05) is 24.8 Å². The molecule has 1 aromatic carbocycles. The van der Waals surface area contributed by atoms with E-state index in [0.29, 0.717) is 12.1 Å². The standard InChI is InChI=1S/C17H26N2O/c1-3-16-12-20-13(2)11-19(16)17-8-4-14(5-9-17)10-18-15-6-7-15/h4-5,8-9,13,15-16,18H,3,6-7,10-12H2,1-2H3. The van der Waals surface area contributed by atoms with Crippen LogP contribution in [0, 0.1) is 0 Å². The fraction of sp³-hybridized carbons (Fsp3) is 0.647. The molecule has 20 heavy (non-hydrogen) atoms. The van der Waals surface area contributed by atoms with Crippen LogP contribution >= 0.6 is 0 Å². The first-order chi connectivity index (χ1) is 9.76. The topological polar surface area (TPSA) is 24.5 Å². The minimum atomic E-state index is 0.328. The van der Waals surface area contributed by atoms with Crippen molar-refractivity contribution in [3.05, 3.63) is 29.8 Å². The third kappa shape index (κ3) is 3.33. The summed E-state index contributed by atoms with van der Waals surface area (Å²) >= 11 is 0. The van der Waals surface area contributed by atoms with Crippen LogP contribution in [-0.4, -0.2) is 31.3 Å². The van der Waals surface area contributed by atoms with Gasteiger partial charge in [0.05, 0.1) is 18.8 Å². The van der Waals surface area contributed by atoms with Crippen LogP contribution in [0.5, 0.6) is 0 Å². The molecule has 0 radical (unpaired) electrons. The first-order valence-corrected chi connectivity index (χ1v) is 7.97. The molecule has 3 rings (SSSR count). The Bertz CT molecular complexity index is 427. The summed E-state index contributed by atoms with van der Waals surface area (Å²) in [6.07, 6.45) is 4.16. The highest BCUT2D eigenvalue weighted by molar-refractivity contribution is 5.49. The molecule has 1 saturated carbocycles. The second-order valence-electron chi connectivity index (χ2n) is 6.18. The fourth-order valence-corrected chi connectivity index (χ4v) is 2.85. The number of hydrogen-bond acceptors (Lipinski definition) is 3. The normalized spacial score (nSPS) is 26.8. The van der Waals surface area contributed by atoms with Crippen LogP contribution in [0.1, 0.15) is 38.7 Å². The molecule has 2 atom stereocenters. The van der Waals surface area contributed by atoms with Gasteiger partial charge in [-0.15, -0.1) is 0 Å². The summed E-state index contributed by atoms with van der Waals surface area (Å²) in [5.41, 5.74) is 2.72. The van der Waals surface area contributed by atoms with Gasteiger partial charge in [-0.25, -0.2) is 0 Å². The van der Waals surface area contributed by atoms with E-state index in [1.54, 1.807) is 0 Å². The number of rotatable bonds is 5. The van der Waals surface area contributed by atoms with Crippen molar-refractivity contribution in [3.8, 4) is 0 Å². The van der Waals surface area contributed by atoms with E-state index in [-0.39, 0.29) is 0 Å². The third-order valence-electron chi connectivity index (χ3n) is 4.38. The van der Waals surface area contributed by atoms with Crippen LogP contribution in [0.2, 0.25) is 0 Å². The molecule has 2 aliphatic rings. The van der Waals surface area contributed by atoms with E-state index < -0.39 is 0 Å². The quantitative estimate of drug-likeness (QED) is 0.893. The van der Waals surface area contributed by atoms with Crippen molar-refractivity contribution in [1.29, 1.82) is 0 Å². The average Bonchev–Trinajstić information content (AvgIpc) is 3.30. The lowest BCUT2D eigenvalue weighted by Gasteiger charge is -2.40. The van der Waals surface area contributed by atoms with Crippen molar-refractivity contribution in [3.63, 3.8) is 0 Å². The first-order valence-electron chi connectivity index (χ1n) is 7.97. The molecule has 0 amide bonds. The van der Waals surface area contributed by atoms with Crippen LogP contribution in [0.4, 0.5) is 5.69 Å². The van der Waals surface area contributed by atoms with E-state index in [9.17, 15) is 0 Å². The number of nitrogens with one attached hydrogen (secondary N) is 1. The van der Waals surface area contributed by atoms with Gasteiger partial charge in [0.25, 0.3) is 0 Å². The zero-order valence-electron chi connectivity index (χ0n) is 12.6. The maximum atomic E-state index is 5.78. The Labute approximate surface area is 122 Å². The van der Waals surface area contributed by atoms with Gasteiger partial charge in [0.15, 0.2) is 0 Å². The van der Waals surface area contributed by atoms with Crippen LogP contribution in [0.15, 0.2) is 24.3 Å². The second kappa shape index (κ2) is 6.15. The largest absolute Gasteiger partial charge is 0.375 e. The molecule has 0 aromatic heterocycles. The molecule has 1 heterocycles. The first kappa shape index (κ1) is 13.9. The van der Waals surface area contributed by atoms with E-state index in [2.05, 4.69) is 48.3 Å². The highest BCUT2D eigenvalue weighted by Gasteiger charge is 2.25. The Morgan fingerprint density at radius 2 is 2.00 bits per heavy atom. The molecule has 3 nitrogen and oxygen atoms in total. The summed E-state index contributed by atoms with van der Waals surface area (Å²) in [6.45, 7) is 7.25. The van der Waals surface area contributed by atoms with Crippen molar-refractivity contribution in [2.75, 3.05) is 18.1 Å². The molecule has 0 bridgehead atoms. The Morgan fingerprint density at radius 3 is 2.65 bits per heavy atom. The maximum Gasteiger partial charge on any atom is 0.0723 e. The van der Waals surface area contributed by atoms with Gasteiger partial charge in [-0.1, -0.05) is 19.1 Å². The van der Waals surface area contributed by atoms with E-state index in [1.807, 2.05) is 0 Å². The van der Waals surface area contributed by atoms with Gasteiger partial charge in [0.1, 0.15) is 0 Å². The zero-order valence-corrected chi connectivity index (χ0v) is 12.6. The molecule has 2 fully saturated rings. The molecule has 1 aromatic rings. The smallest absolute Gasteiger partial charge is 0.0723 e. The second-order valence-corrected chi connectivity index (χ2v) is 6.18. The number of ether oxygens (including phenoxy) is 1. The Morgan fingerprint density at radius 1 is 1.25 bits per heavy atom. The Kier molecular flexibility index (Phi) is 4.27. The minimum absolute atomic E-state index is 0.328. The summed E-state index contributed by atoms with van der Waals surface area (Å²) in [5, 5.41) is 3.57. The van der Waals surface area contributed by atoms with Gasteiger partial charge >= 0.3 is 0 Å². The minimum Gasteiger partial charge on any atom is -0.375 e. The number of nitrogens with zero attached hydrogens (tertiary/aromatic N) is 1. The number of anilines is 1. The summed E-state index contributed by atoms with van der Waals surface area (Å²) in [5.74, 6) is 0. The SMILES string of the molecule is CCC1COC(C)CN1c1ccc(CNC2CC2)cc1. The summed E-state index contributed by atoms with van der Waals surface area (Å²) < 4.78 is 5.78. The van der Waals surface area contributed by atoms with Crippen LogP contribution in [-0.2, 0) is 11.3 Å². The third-order valence-corrected chi connectivity index (χ3v) is 4.38. The number of benzene rings is 1. The molecule has 0 spiro atoms.